The number of anilines is 1. The molecule has 0 fully saturated rings. The minimum atomic E-state index is -3.85. The van der Waals surface area contributed by atoms with Crippen LogP contribution in [0, 0.1) is 0 Å². The van der Waals surface area contributed by atoms with Crippen LogP contribution in [0.5, 0.6) is 0 Å². The van der Waals surface area contributed by atoms with Crippen LogP contribution < -0.4 is 4.72 Å². The Morgan fingerprint density at radius 2 is 1.73 bits per heavy atom. The first-order chi connectivity index (χ1) is 14.4. The van der Waals surface area contributed by atoms with Crippen molar-refractivity contribution in [3.63, 3.8) is 0 Å². The number of aryl methyl sites for hydroxylation is 1. The number of nitrogens with one attached hydrogen (secondary N) is 1. The van der Waals surface area contributed by atoms with Gasteiger partial charge in [-0.15, -0.1) is 11.8 Å². The predicted molar refractivity (Wildman–Crippen MR) is 124 cm³/mol. The van der Waals surface area contributed by atoms with Gasteiger partial charge >= 0.3 is 5.97 Å². The molecule has 0 saturated carbocycles. The van der Waals surface area contributed by atoms with E-state index in [1.165, 1.54) is 24.8 Å². The number of thioether (sulfide) groups is 1. The van der Waals surface area contributed by atoms with Gasteiger partial charge < -0.3 is 4.74 Å². The Kier molecular flexibility index (Phi) is 7.58. The number of hydrogen-bond acceptors (Lipinski definition) is 5. The van der Waals surface area contributed by atoms with Crippen LogP contribution in [0.4, 0.5) is 5.69 Å². The summed E-state index contributed by atoms with van der Waals surface area (Å²) >= 11 is 4.88. The van der Waals surface area contributed by atoms with Gasteiger partial charge in [0, 0.05) is 15.1 Å². The second kappa shape index (κ2) is 10.1. The van der Waals surface area contributed by atoms with Crippen molar-refractivity contribution in [2.75, 3.05) is 17.6 Å². The van der Waals surface area contributed by atoms with Crippen LogP contribution in [-0.2, 0) is 21.2 Å². The van der Waals surface area contributed by atoms with Crippen molar-refractivity contribution in [2.45, 2.75) is 16.2 Å². The molecule has 0 atom stereocenters. The second-order valence-electron chi connectivity index (χ2n) is 6.34. The number of esters is 1. The summed E-state index contributed by atoms with van der Waals surface area (Å²) in [6.45, 7) is 0. The number of hydrogen-bond donors (Lipinski definition) is 1. The zero-order chi connectivity index (χ0) is 21.6. The Morgan fingerprint density at radius 1 is 1.03 bits per heavy atom. The smallest absolute Gasteiger partial charge is 0.340 e. The lowest BCUT2D eigenvalue weighted by Gasteiger charge is -2.13. The number of carbonyl (C=O) groups excluding carboxylic acids is 1. The van der Waals surface area contributed by atoms with Gasteiger partial charge in [0.05, 0.1) is 23.3 Å². The van der Waals surface area contributed by atoms with Crippen LogP contribution >= 0.6 is 27.7 Å². The summed E-state index contributed by atoms with van der Waals surface area (Å²) < 4.78 is 33.5. The minimum Gasteiger partial charge on any atom is -0.465 e. The molecule has 0 unspecified atom stereocenters. The van der Waals surface area contributed by atoms with Crippen LogP contribution in [0.25, 0.3) is 0 Å². The zero-order valence-corrected chi connectivity index (χ0v) is 19.4. The molecule has 156 valence electrons. The summed E-state index contributed by atoms with van der Waals surface area (Å²) in [5.41, 5.74) is 1.58. The molecule has 3 rings (SSSR count). The van der Waals surface area contributed by atoms with E-state index in [2.05, 4.69) is 32.8 Å². The number of ether oxygens (including phenoxy) is 1. The lowest BCUT2D eigenvalue weighted by Crippen LogP contribution is -2.16. The fourth-order valence-corrected chi connectivity index (χ4v) is 5.01. The van der Waals surface area contributed by atoms with E-state index >= 15 is 0 Å². The Labute approximate surface area is 189 Å². The van der Waals surface area contributed by atoms with Gasteiger partial charge in [-0.1, -0.05) is 46.3 Å². The van der Waals surface area contributed by atoms with Crippen molar-refractivity contribution in [3.8, 4) is 0 Å². The van der Waals surface area contributed by atoms with Gasteiger partial charge in [0.25, 0.3) is 10.0 Å². The average Bonchev–Trinajstić information content (AvgIpc) is 2.75. The second-order valence-corrected chi connectivity index (χ2v) is 10.1. The fraction of sp³-hybridized carbons (Fsp3) is 0.136. The highest BCUT2D eigenvalue weighted by molar-refractivity contribution is 9.10. The first-order valence-electron chi connectivity index (χ1n) is 9.06. The van der Waals surface area contributed by atoms with Crippen LogP contribution in [0.3, 0.4) is 0 Å². The van der Waals surface area contributed by atoms with Crippen LogP contribution in [0.15, 0.2) is 87.1 Å². The number of halogens is 1. The Morgan fingerprint density at radius 3 is 2.40 bits per heavy atom. The van der Waals surface area contributed by atoms with Crippen LogP contribution in [-0.4, -0.2) is 27.2 Å². The highest BCUT2D eigenvalue weighted by atomic mass is 79.9. The molecule has 3 aromatic rings. The molecular weight excluding hydrogens is 486 g/mol. The van der Waals surface area contributed by atoms with Gasteiger partial charge in [0.15, 0.2) is 0 Å². The highest BCUT2D eigenvalue weighted by Crippen LogP contribution is 2.28. The standard InChI is InChI=1S/C22H20BrNO4S2/c1-28-22(25)20-15-18(29-14-13-16-5-3-2-4-6-16)9-12-21(20)24-30(26,27)19-10-7-17(23)8-11-19/h2-12,15,24H,13-14H2,1H3. The number of benzene rings is 3. The van der Waals surface area contributed by atoms with Crippen molar-refractivity contribution < 1.29 is 17.9 Å². The van der Waals surface area contributed by atoms with Crippen molar-refractivity contribution in [2.24, 2.45) is 0 Å². The van der Waals surface area contributed by atoms with E-state index < -0.39 is 16.0 Å². The maximum Gasteiger partial charge on any atom is 0.340 e. The molecule has 30 heavy (non-hydrogen) atoms. The van der Waals surface area contributed by atoms with Gasteiger partial charge in [0.2, 0.25) is 0 Å². The summed E-state index contributed by atoms with van der Waals surface area (Å²) in [5.74, 6) is 0.225. The maximum absolute atomic E-state index is 12.7. The Hall–Kier alpha value is -2.29. The number of rotatable bonds is 8. The van der Waals surface area contributed by atoms with Crippen LogP contribution in [0.1, 0.15) is 15.9 Å². The van der Waals surface area contributed by atoms with Crippen LogP contribution in [0.2, 0.25) is 0 Å². The molecule has 8 heteroatoms. The molecule has 0 aliphatic carbocycles. The molecule has 0 heterocycles. The molecule has 3 aromatic carbocycles. The predicted octanol–water partition coefficient (Wildman–Crippen LogP) is 5.37. The van der Waals surface area contributed by atoms with Gasteiger partial charge in [-0.05, 0) is 54.4 Å². The first-order valence-corrected chi connectivity index (χ1v) is 12.3. The van der Waals surface area contributed by atoms with Gasteiger partial charge in [-0.2, -0.15) is 0 Å². The monoisotopic (exact) mass is 505 g/mol. The summed E-state index contributed by atoms with van der Waals surface area (Å²) in [5, 5.41) is 0. The lowest BCUT2D eigenvalue weighted by atomic mass is 10.2. The SMILES string of the molecule is COC(=O)c1cc(SCCc2ccccc2)ccc1NS(=O)(=O)c1ccc(Br)cc1. The maximum atomic E-state index is 12.7. The highest BCUT2D eigenvalue weighted by Gasteiger charge is 2.20. The van der Waals surface area contributed by atoms with E-state index in [0.29, 0.717) is 0 Å². The van der Waals surface area contributed by atoms with E-state index in [9.17, 15) is 13.2 Å². The lowest BCUT2D eigenvalue weighted by molar-refractivity contribution is 0.0601. The summed E-state index contributed by atoms with van der Waals surface area (Å²) in [7, 11) is -2.58. The van der Waals surface area contributed by atoms with E-state index in [1.807, 2.05) is 18.2 Å². The first kappa shape index (κ1) is 22.4. The fourth-order valence-electron chi connectivity index (χ4n) is 2.73. The molecule has 0 aromatic heterocycles. The van der Waals surface area contributed by atoms with Gasteiger partial charge in [-0.3, -0.25) is 4.72 Å². The molecule has 5 nitrogen and oxygen atoms in total. The normalized spacial score (nSPS) is 11.1. The number of carbonyl (C=O) groups is 1. The molecule has 0 amide bonds. The largest absolute Gasteiger partial charge is 0.465 e. The van der Waals surface area contributed by atoms with Gasteiger partial charge in [0.1, 0.15) is 0 Å². The number of methoxy groups -OCH3 is 1. The molecular formula is C22H20BrNO4S2. The van der Waals surface area contributed by atoms with E-state index in [0.717, 1.165) is 21.5 Å². The van der Waals surface area contributed by atoms with E-state index in [-0.39, 0.29) is 16.1 Å². The third kappa shape index (κ3) is 5.87. The average molecular weight is 506 g/mol. The molecule has 0 spiro atoms. The third-order valence-electron chi connectivity index (χ3n) is 4.27. The summed E-state index contributed by atoms with van der Waals surface area (Å²) in [4.78, 5) is 13.2. The van der Waals surface area contributed by atoms with Crippen molar-refractivity contribution >= 4 is 49.4 Å². The summed E-state index contributed by atoms with van der Waals surface area (Å²) in [6, 6.07) is 21.4. The summed E-state index contributed by atoms with van der Waals surface area (Å²) in [6.07, 6.45) is 0.886. The molecule has 0 radical (unpaired) electrons. The molecule has 0 aliphatic heterocycles. The molecule has 0 bridgehead atoms. The molecule has 0 saturated heterocycles. The Bertz CT molecular complexity index is 1120. The Balaban J connectivity index is 1.78. The van der Waals surface area contributed by atoms with Crippen molar-refractivity contribution in [3.05, 3.63) is 88.4 Å². The van der Waals surface area contributed by atoms with E-state index in [4.69, 9.17) is 4.74 Å². The van der Waals surface area contributed by atoms with Crippen molar-refractivity contribution in [1.82, 2.24) is 0 Å². The minimum absolute atomic E-state index is 0.0998. The topological polar surface area (TPSA) is 72.5 Å². The zero-order valence-electron chi connectivity index (χ0n) is 16.2. The molecule has 1 N–H and O–H groups in total. The number of sulfonamides is 1. The van der Waals surface area contributed by atoms with Gasteiger partial charge in [-0.25, -0.2) is 13.2 Å². The quantitative estimate of drug-likeness (QED) is 0.329. The third-order valence-corrected chi connectivity index (χ3v) is 7.17. The van der Waals surface area contributed by atoms with E-state index in [1.54, 1.807) is 42.1 Å². The van der Waals surface area contributed by atoms with Crippen molar-refractivity contribution in [1.29, 1.82) is 0 Å². The molecule has 0 aliphatic rings.